The number of hydrogen-bond acceptors (Lipinski definition) is 5. The Balaban J connectivity index is 1.41. The number of morpholine rings is 1. The highest BCUT2D eigenvalue weighted by Gasteiger charge is 2.41. The number of rotatable bonds is 9. The Morgan fingerprint density at radius 1 is 1.20 bits per heavy atom. The maximum Gasteiger partial charge on any atom is 0.305 e. The lowest BCUT2D eigenvalue weighted by molar-refractivity contribution is -0.140. The van der Waals surface area contributed by atoms with Gasteiger partial charge in [0.15, 0.2) is 5.96 Å². The lowest BCUT2D eigenvalue weighted by Crippen LogP contribution is -2.50. The van der Waals surface area contributed by atoms with Crippen molar-refractivity contribution in [2.75, 3.05) is 46.9 Å². The second kappa shape index (κ2) is 11.9. The molecule has 2 aliphatic heterocycles. The molecule has 7 nitrogen and oxygen atoms in total. The third kappa shape index (κ3) is 6.44. The van der Waals surface area contributed by atoms with E-state index in [0.717, 1.165) is 71.0 Å². The summed E-state index contributed by atoms with van der Waals surface area (Å²) >= 11 is 0. The predicted molar refractivity (Wildman–Crippen MR) is 118 cm³/mol. The van der Waals surface area contributed by atoms with E-state index in [9.17, 15) is 4.79 Å². The largest absolute Gasteiger partial charge is 0.469 e. The van der Waals surface area contributed by atoms with Gasteiger partial charge < -0.3 is 19.7 Å². The van der Waals surface area contributed by atoms with Crippen LogP contribution in [0.3, 0.4) is 0 Å². The maximum absolute atomic E-state index is 11.1. The van der Waals surface area contributed by atoms with Crippen LogP contribution >= 0.6 is 0 Å². The molecule has 2 saturated heterocycles. The van der Waals surface area contributed by atoms with Crippen molar-refractivity contribution in [1.29, 1.82) is 0 Å². The number of carbonyl (C=O) groups excluding carboxylic acids is 1. The first-order valence-electron chi connectivity index (χ1n) is 11.1. The summed E-state index contributed by atoms with van der Waals surface area (Å²) in [6.45, 7) is 5.45. The van der Waals surface area contributed by atoms with Crippen LogP contribution in [0.1, 0.15) is 37.7 Å². The van der Waals surface area contributed by atoms with E-state index in [-0.39, 0.29) is 12.1 Å². The number of hydrogen-bond donors (Lipinski definition) is 1. The number of likely N-dealkylation sites (tertiary alicyclic amines) is 1. The van der Waals surface area contributed by atoms with Crippen LogP contribution in [-0.2, 0) is 20.8 Å². The molecule has 2 aliphatic rings. The van der Waals surface area contributed by atoms with Gasteiger partial charge in [-0.2, -0.15) is 0 Å². The van der Waals surface area contributed by atoms with E-state index in [1.807, 2.05) is 7.05 Å². The molecule has 0 aliphatic carbocycles. The molecule has 0 radical (unpaired) electrons. The van der Waals surface area contributed by atoms with Crippen molar-refractivity contribution >= 4 is 11.9 Å². The quantitative estimate of drug-likeness (QED) is 0.288. The smallest absolute Gasteiger partial charge is 0.305 e. The Morgan fingerprint density at radius 2 is 2.00 bits per heavy atom. The van der Waals surface area contributed by atoms with E-state index in [4.69, 9.17) is 4.74 Å². The number of benzene rings is 1. The Bertz CT molecular complexity index is 682. The predicted octanol–water partition coefficient (Wildman–Crippen LogP) is 2.27. The van der Waals surface area contributed by atoms with Gasteiger partial charge in [-0.3, -0.25) is 14.7 Å². The first kappa shape index (κ1) is 22.6. The molecule has 0 amide bonds. The molecule has 3 rings (SSSR count). The second-order valence-corrected chi connectivity index (χ2v) is 8.05. The van der Waals surface area contributed by atoms with Gasteiger partial charge in [0.2, 0.25) is 0 Å². The number of aliphatic imine (C=N–C) groups is 1. The van der Waals surface area contributed by atoms with Crippen LogP contribution in [0.25, 0.3) is 0 Å². The molecular formula is C23H36N4O3. The average molecular weight is 417 g/mol. The molecule has 0 spiro atoms. The Kier molecular flexibility index (Phi) is 8.96. The third-order valence-electron chi connectivity index (χ3n) is 5.97. The summed E-state index contributed by atoms with van der Waals surface area (Å²) in [5.41, 5.74) is 1.35. The van der Waals surface area contributed by atoms with Crippen LogP contribution in [0.15, 0.2) is 35.3 Å². The highest BCUT2D eigenvalue weighted by atomic mass is 16.5. The first-order valence-corrected chi connectivity index (χ1v) is 11.1. The zero-order valence-electron chi connectivity index (χ0n) is 18.4. The van der Waals surface area contributed by atoms with Crippen molar-refractivity contribution in [2.24, 2.45) is 4.99 Å². The zero-order valence-corrected chi connectivity index (χ0v) is 18.4. The zero-order chi connectivity index (χ0) is 21.2. The highest BCUT2D eigenvalue weighted by Crippen LogP contribution is 2.24. The lowest BCUT2D eigenvalue weighted by Gasteiger charge is -2.36. The van der Waals surface area contributed by atoms with E-state index in [0.29, 0.717) is 12.5 Å². The molecule has 7 heteroatoms. The minimum atomic E-state index is -0.118. The van der Waals surface area contributed by atoms with Crippen molar-refractivity contribution in [1.82, 2.24) is 15.1 Å². The van der Waals surface area contributed by atoms with Crippen LogP contribution in [0.2, 0.25) is 0 Å². The molecule has 1 aromatic carbocycles. The molecule has 0 saturated carbocycles. The molecule has 30 heavy (non-hydrogen) atoms. The fraction of sp³-hybridized carbons (Fsp3) is 0.652. The summed E-state index contributed by atoms with van der Waals surface area (Å²) in [5.74, 6) is 0.842. The van der Waals surface area contributed by atoms with Gasteiger partial charge in [-0.25, -0.2) is 0 Å². The SMILES string of the molecule is CN=C(NCCCCCCC(=O)OC)N1CC2OCCN(Cc3ccccc3)C2C1. The third-order valence-corrected chi connectivity index (χ3v) is 5.97. The molecule has 2 fully saturated rings. The van der Waals surface area contributed by atoms with Crippen molar-refractivity contribution in [3.05, 3.63) is 35.9 Å². The van der Waals surface area contributed by atoms with Gasteiger partial charge in [0, 0.05) is 46.2 Å². The molecule has 0 bridgehead atoms. The van der Waals surface area contributed by atoms with Crippen LogP contribution in [0, 0.1) is 0 Å². The van der Waals surface area contributed by atoms with Crippen molar-refractivity contribution in [2.45, 2.75) is 50.8 Å². The minimum absolute atomic E-state index is 0.118. The molecule has 2 heterocycles. The molecule has 166 valence electrons. The van der Waals surface area contributed by atoms with Gasteiger partial charge in [0.25, 0.3) is 0 Å². The van der Waals surface area contributed by atoms with Crippen molar-refractivity contribution in [3.8, 4) is 0 Å². The number of fused-ring (bicyclic) bond motifs is 1. The van der Waals surface area contributed by atoms with Gasteiger partial charge in [0.1, 0.15) is 0 Å². The summed E-state index contributed by atoms with van der Waals surface area (Å²) in [7, 11) is 3.29. The summed E-state index contributed by atoms with van der Waals surface area (Å²) < 4.78 is 10.8. The standard InChI is InChI=1S/C23H36N4O3/c1-24-23(25-13-9-4-3-8-12-22(28)29-2)27-17-20-21(18-27)30-15-14-26(20)16-19-10-6-5-7-11-19/h5-7,10-11,20-21H,3-4,8-9,12-18H2,1-2H3,(H,24,25). The Hall–Kier alpha value is -2.12. The topological polar surface area (TPSA) is 66.4 Å². The summed E-state index contributed by atoms with van der Waals surface area (Å²) in [4.78, 5) is 20.5. The van der Waals surface area contributed by atoms with Crippen LogP contribution in [-0.4, -0.2) is 80.8 Å². The van der Waals surface area contributed by atoms with Gasteiger partial charge in [-0.05, 0) is 18.4 Å². The molecule has 1 N–H and O–H groups in total. The summed E-state index contributed by atoms with van der Waals surface area (Å²) in [6, 6.07) is 11.1. The molecular weight excluding hydrogens is 380 g/mol. The van der Waals surface area contributed by atoms with Crippen LogP contribution < -0.4 is 5.32 Å². The molecule has 0 aromatic heterocycles. The van der Waals surface area contributed by atoms with Crippen LogP contribution in [0.5, 0.6) is 0 Å². The first-order chi connectivity index (χ1) is 14.7. The van der Waals surface area contributed by atoms with E-state index in [1.165, 1.54) is 12.7 Å². The number of nitrogens with zero attached hydrogens (tertiary/aromatic N) is 3. The van der Waals surface area contributed by atoms with Gasteiger partial charge in [0.05, 0.1) is 25.9 Å². The summed E-state index contributed by atoms with van der Waals surface area (Å²) in [6.07, 6.45) is 4.86. The van der Waals surface area contributed by atoms with Crippen molar-refractivity contribution < 1.29 is 14.3 Å². The van der Waals surface area contributed by atoms with Gasteiger partial charge in [-0.15, -0.1) is 0 Å². The van der Waals surface area contributed by atoms with Gasteiger partial charge in [-0.1, -0.05) is 43.2 Å². The van der Waals surface area contributed by atoms with Crippen LogP contribution in [0.4, 0.5) is 0 Å². The van der Waals surface area contributed by atoms with E-state index >= 15 is 0 Å². The number of ether oxygens (including phenoxy) is 2. The maximum atomic E-state index is 11.1. The second-order valence-electron chi connectivity index (χ2n) is 8.05. The number of nitrogens with one attached hydrogen (secondary N) is 1. The average Bonchev–Trinajstić information content (AvgIpc) is 3.21. The minimum Gasteiger partial charge on any atom is -0.469 e. The number of methoxy groups -OCH3 is 1. The molecule has 2 unspecified atom stereocenters. The Morgan fingerprint density at radius 3 is 2.77 bits per heavy atom. The van der Waals surface area contributed by atoms with Crippen molar-refractivity contribution in [3.63, 3.8) is 0 Å². The number of unbranched alkanes of at least 4 members (excludes halogenated alkanes) is 3. The van der Waals surface area contributed by atoms with E-state index < -0.39 is 0 Å². The van der Waals surface area contributed by atoms with Gasteiger partial charge >= 0.3 is 5.97 Å². The monoisotopic (exact) mass is 416 g/mol. The highest BCUT2D eigenvalue weighted by molar-refractivity contribution is 5.80. The van der Waals surface area contributed by atoms with E-state index in [2.05, 4.69) is 55.2 Å². The normalized spacial score (nSPS) is 22.1. The fourth-order valence-corrected chi connectivity index (χ4v) is 4.33. The number of esters is 1. The number of carbonyl (C=O) groups is 1. The lowest BCUT2D eigenvalue weighted by atomic mass is 10.1. The number of guanidine groups is 1. The summed E-state index contributed by atoms with van der Waals surface area (Å²) in [5, 5.41) is 3.51. The fourth-order valence-electron chi connectivity index (χ4n) is 4.33. The molecule has 1 aromatic rings. The Labute approximate surface area is 180 Å². The van der Waals surface area contributed by atoms with E-state index in [1.54, 1.807) is 0 Å². The molecule has 2 atom stereocenters.